The van der Waals surface area contributed by atoms with Gasteiger partial charge in [-0.1, -0.05) is 28.1 Å². The van der Waals surface area contributed by atoms with Crippen molar-refractivity contribution in [2.75, 3.05) is 0 Å². The highest BCUT2D eigenvalue weighted by atomic mass is 79.9. The van der Waals surface area contributed by atoms with Crippen molar-refractivity contribution in [3.05, 3.63) is 33.8 Å². The van der Waals surface area contributed by atoms with E-state index < -0.39 is 0 Å². The first kappa shape index (κ1) is 8.95. The zero-order chi connectivity index (χ0) is 9.42. The van der Waals surface area contributed by atoms with Crippen LogP contribution in [0.3, 0.4) is 0 Å². The van der Waals surface area contributed by atoms with Crippen LogP contribution in [0.1, 0.15) is 29.9 Å². The molecule has 0 aliphatic heterocycles. The molecule has 1 aromatic rings. The molecule has 1 aliphatic rings. The highest BCUT2D eigenvalue weighted by Crippen LogP contribution is 2.37. The van der Waals surface area contributed by atoms with Crippen molar-refractivity contribution in [1.82, 2.24) is 0 Å². The fourth-order valence-corrected chi connectivity index (χ4v) is 2.42. The lowest BCUT2D eigenvalue weighted by atomic mass is 9.78. The second-order valence-corrected chi connectivity index (χ2v) is 4.44. The fraction of sp³-hybridized carbons (Fsp3) is 0.364. The zero-order valence-corrected chi connectivity index (χ0v) is 9.10. The molecule has 1 aromatic carbocycles. The van der Waals surface area contributed by atoms with Gasteiger partial charge in [0.15, 0.2) is 0 Å². The SMILES string of the molecule is Cc1ccc(C2CCC2=O)c(Br)c1. The van der Waals surface area contributed by atoms with Crippen molar-refractivity contribution >= 4 is 21.7 Å². The van der Waals surface area contributed by atoms with Gasteiger partial charge >= 0.3 is 0 Å². The fourth-order valence-electron chi connectivity index (χ4n) is 1.65. The Morgan fingerprint density at radius 2 is 2.23 bits per heavy atom. The number of aryl methyl sites for hydroxylation is 1. The summed E-state index contributed by atoms with van der Waals surface area (Å²) in [7, 11) is 0. The number of carbonyl (C=O) groups is 1. The van der Waals surface area contributed by atoms with Gasteiger partial charge in [0.25, 0.3) is 0 Å². The van der Waals surface area contributed by atoms with Crippen LogP contribution in [0, 0.1) is 6.92 Å². The first-order chi connectivity index (χ1) is 6.18. The minimum absolute atomic E-state index is 0.162. The summed E-state index contributed by atoms with van der Waals surface area (Å²) in [6.45, 7) is 2.05. The molecule has 0 saturated heterocycles. The van der Waals surface area contributed by atoms with Crippen LogP contribution in [-0.4, -0.2) is 5.78 Å². The van der Waals surface area contributed by atoms with E-state index in [0.717, 1.165) is 22.9 Å². The maximum absolute atomic E-state index is 11.2. The summed E-state index contributed by atoms with van der Waals surface area (Å²) in [6, 6.07) is 6.19. The van der Waals surface area contributed by atoms with Crippen molar-refractivity contribution in [2.45, 2.75) is 25.7 Å². The number of hydrogen-bond donors (Lipinski definition) is 0. The Morgan fingerprint density at radius 3 is 2.69 bits per heavy atom. The number of Topliss-reactive ketones (excluding diaryl/α,β-unsaturated/α-hetero) is 1. The summed E-state index contributed by atoms with van der Waals surface area (Å²) in [4.78, 5) is 11.2. The quantitative estimate of drug-likeness (QED) is 0.735. The molecular formula is C11H11BrO. The van der Waals surface area contributed by atoms with Crippen molar-refractivity contribution < 1.29 is 4.79 Å². The van der Waals surface area contributed by atoms with E-state index in [2.05, 4.69) is 41.1 Å². The van der Waals surface area contributed by atoms with Crippen molar-refractivity contribution in [3.63, 3.8) is 0 Å². The summed E-state index contributed by atoms with van der Waals surface area (Å²) in [5.41, 5.74) is 2.38. The Balaban J connectivity index is 2.35. The van der Waals surface area contributed by atoms with Crippen LogP contribution >= 0.6 is 15.9 Å². The Bertz CT molecular complexity index is 357. The van der Waals surface area contributed by atoms with E-state index in [4.69, 9.17) is 0 Å². The van der Waals surface area contributed by atoms with E-state index in [1.807, 2.05) is 0 Å². The predicted octanol–water partition coefficient (Wildman–Crippen LogP) is 3.20. The van der Waals surface area contributed by atoms with Crippen molar-refractivity contribution in [3.8, 4) is 0 Å². The molecule has 2 rings (SSSR count). The molecule has 1 saturated carbocycles. The molecule has 0 aromatic heterocycles. The minimum atomic E-state index is 0.162. The maximum Gasteiger partial charge on any atom is 0.140 e. The first-order valence-corrected chi connectivity index (χ1v) is 5.26. The number of carbonyl (C=O) groups excluding carboxylic acids is 1. The lowest BCUT2D eigenvalue weighted by Gasteiger charge is -2.25. The molecule has 0 spiro atoms. The molecule has 1 aliphatic carbocycles. The third-order valence-corrected chi connectivity index (χ3v) is 3.29. The zero-order valence-electron chi connectivity index (χ0n) is 7.51. The van der Waals surface area contributed by atoms with E-state index in [0.29, 0.717) is 5.78 Å². The summed E-state index contributed by atoms with van der Waals surface area (Å²) in [6.07, 6.45) is 1.77. The highest BCUT2D eigenvalue weighted by Gasteiger charge is 2.30. The Kier molecular flexibility index (Phi) is 2.24. The molecule has 0 heterocycles. The van der Waals surface area contributed by atoms with Gasteiger partial charge in [-0.3, -0.25) is 4.79 Å². The molecule has 0 radical (unpaired) electrons. The number of halogens is 1. The average molecular weight is 239 g/mol. The highest BCUT2D eigenvalue weighted by molar-refractivity contribution is 9.10. The Hall–Kier alpha value is -0.630. The standard InChI is InChI=1S/C11H11BrO/c1-7-2-3-8(10(12)6-7)9-4-5-11(9)13/h2-3,6,9H,4-5H2,1H3. The molecule has 1 unspecified atom stereocenters. The summed E-state index contributed by atoms with van der Waals surface area (Å²) in [5, 5.41) is 0. The summed E-state index contributed by atoms with van der Waals surface area (Å²) >= 11 is 3.50. The minimum Gasteiger partial charge on any atom is -0.299 e. The molecular weight excluding hydrogens is 228 g/mol. The van der Waals surface area contributed by atoms with Crippen LogP contribution in [-0.2, 0) is 4.79 Å². The molecule has 68 valence electrons. The first-order valence-electron chi connectivity index (χ1n) is 4.47. The molecule has 1 atom stereocenters. The van der Waals surface area contributed by atoms with Crippen LogP contribution in [0.2, 0.25) is 0 Å². The monoisotopic (exact) mass is 238 g/mol. The van der Waals surface area contributed by atoms with Crippen LogP contribution in [0.25, 0.3) is 0 Å². The average Bonchev–Trinajstić information content (AvgIpc) is 2.07. The van der Waals surface area contributed by atoms with Gasteiger partial charge in [0.1, 0.15) is 5.78 Å². The predicted molar refractivity (Wildman–Crippen MR) is 55.9 cm³/mol. The summed E-state index contributed by atoms with van der Waals surface area (Å²) in [5.74, 6) is 0.541. The van der Waals surface area contributed by atoms with Crippen molar-refractivity contribution in [1.29, 1.82) is 0 Å². The van der Waals surface area contributed by atoms with Gasteiger partial charge < -0.3 is 0 Å². The lowest BCUT2D eigenvalue weighted by Crippen LogP contribution is -2.23. The van der Waals surface area contributed by atoms with E-state index >= 15 is 0 Å². The van der Waals surface area contributed by atoms with Gasteiger partial charge in [0.05, 0.1) is 0 Å². The van der Waals surface area contributed by atoms with Crippen molar-refractivity contribution in [2.24, 2.45) is 0 Å². The van der Waals surface area contributed by atoms with Crippen LogP contribution in [0.5, 0.6) is 0 Å². The third kappa shape index (κ3) is 1.55. The number of benzene rings is 1. The van der Waals surface area contributed by atoms with E-state index in [1.54, 1.807) is 0 Å². The van der Waals surface area contributed by atoms with Crippen LogP contribution < -0.4 is 0 Å². The molecule has 2 heteroatoms. The normalized spacial score (nSPS) is 21.4. The van der Waals surface area contributed by atoms with Gasteiger partial charge in [0.2, 0.25) is 0 Å². The molecule has 1 nitrogen and oxygen atoms in total. The van der Waals surface area contributed by atoms with Crippen LogP contribution in [0.15, 0.2) is 22.7 Å². The van der Waals surface area contributed by atoms with E-state index in [9.17, 15) is 4.79 Å². The largest absolute Gasteiger partial charge is 0.299 e. The molecule has 13 heavy (non-hydrogen) atoms. The third-order valence-electron chi connectivity index (χ3n) is 2.60. The molecule has 1 fully saturated rings. The van der Waals surface area contributed by atoms with Gasteiger partial charge in [-0.05, 0) is 30.5 Å². The van der Waals surface area contributed by atoms with Gasteiger partial charge in [0, 0.05) is 16.8 Å². The molecule has 0 bridgehead atoms. The second-order valence-electron chi connectivity index (χ2n) is 3.58. The molecule has 0 N–H and O–H groups in total. The maximum atomic E-state index is 11.2. The van der Waals surface area contributed by atoms with E-state index in [-0.39, 0.29) is 5.92 Å². The number of rotatable bonds is 1. The Morgan fingerprint density at radius 1 is 1.46 bits per heavy atom. The van der Waals surface area contributed by atoms with Gasteiger partial charge in [-0.25, -0.2) is 0 Å². The Labute approximate surface area is 86.3 Å². The van der Waals surface area contributed by atoms with E-state index in [1.165, 1.54) is 5.56 Å². The van der Waals surface area contributed by atoms with Gasteiger partial charge in [-0.2, -0.15) is 0 Å². The smallest absolute Gasteiger partial charge is 0.140 e. The van der Waals surface area contributed by atoms with Gasteiger partial charge in [-0.15, -0.1) is 0 Å². The topological polar surface area (TPSA) is 17.1 Å². The number of hydrogen-bond acceptors (Lipinski definition) is 1. The number of ketones is 1. The van der Waals surface area contributed by atoms with Crippen LogP contribution in [0.4, 0.5) is 0 Å². The lowest BCUT2D eigenvalue weighted by molar-refractivity contribution is -0.125. The second kappa shape index (κ2) is 3.26. The summed E-state index contributed by atoms with van der Waals surface area (Å²) < 4.78 is 1.07. The molecule has 0 amide bonds.